The third-order valence-corrected chi connectivity index (χ3v) is 6.20. The van der Waals surface area contributed by atoms with E-state index in [1.54, 1.807) is 6.20 Å². The highest BCUT2D eigenvalue weighted by Crippen LogP contribution is 2.43. The van der Waals surface area contributed by atoms with Crippen molar-refractivity contribution in [2.24, 2.45) is 0 Å². The van der Waals surface area contributed by atoms with E-state index >= 15 is 0 Å². The second kappa shape index (κ2) is 8.83. The fourth-order valence-corrected chi connectivity index (χ4v) is 4.17. The monoisotopic (exact) mass is 456 g/mol. The topological polar surface area (TPSA) is 69.6 Å². The maximum atomic E-state index is 11.8. The van der Waals surface area contributed by atoms with Crippen molar-refractivity contribution in [3.8, 4) is 11.3 Å². The Labute approximate surface area is 191 Å². The standard InChI is InChI=1S/C23H22Cl2N4O2/c1-28(2)9-10-29(23(30)31)22-26-13-15-11-18(14-7-8-19(24)20(25)12-14)16-5-3-4-6-17(16)21(15)27-22/h3-8,12-13,18H,9-11H2,1-2H3,(H,30,31)/t18-/m0/s1. The van der Waals surface area contributed by atoms with Crippen LogP contribution >= 0.6 is 23.2 Å². The first-order valence-electron chi connectivity index (χ1n) is 9.90. The molecule has 1 aliphatic rings. The molecule has 0 spiro atoms. The van der Waals surface area contributed by atoms with Crippen LogP contribution < -0.4 is 4.90 Å². The molecule has 0 unspecified atom stereocenters. The van der Waals surface area contributed by atoms with E-state index in [0.29, 0.717) is 23.0 Å². The van der Waals surface area contributed by atoms with Crippen LogP contribution in [-0.2, 0) is 6.42 Å². The number of halogens is 2. The predicted octanol–water partition coefficient (Wildman–Crippen LogP) is 5.18. The summed E-state index contributed by atoms with van der Waals surface area (Å²) in [7, 11) is 3.79. The second-order valence-corrected chi connectivity index (χ2v) is 8.61. The number of anilines is 1. The Kier molecular flexibility index (Phi) is 6.14. The van der Waals surface area contributed by atoms with Crippen molar-refractivity contribution < 1.29 is 9.90 Å². The van der Waals surface area contributed by atoms with Crippen LogP contribution in [-0.4, -0.2) is 53.3 Å². The van der Waals surface area contributed by atoms with Crippen LogP contribution in [0.1, 0.15) is 22.6 Å². The van der Waals surface area contributed by atoms with Crippen LogP contribution in [0.25, 0.3) is 11.3 Å². The summed E-state index contributed by atoms with van der Waals surface area (Å²) in [6.45, 7) is 0.859. The summed E-state index contributed by atoms with van der Waals surface area (Å²) in [5.41, 5.74) is 4.90. The van der Waals surface area contributed by atoms with Crippen molar-refractivity contribution in [3.63, 3.8) is 0 Å². The molecule has 0 fully saturated rings. The Morgan fingerprint density at radius 2 is 1.90 bits per heavy atom. The Bertz CT molecular complexity index is 1140. The number of rotatable bonds is 5. The number of hydrogen-bond donors (Lipinski definition) is 1. The van der Waals surface area contributed by atoms with Crippen LogP contribution in [0.15, 0.2) is 48.7 Å². The molecular formula is C23H22Cl2N4O2. The van der Waals surface area contributed by atoms with Gasteiger partial charge in [0.1, 0.15) is 0 Å². The first-order valence-corrected chi connectivity index (χ1v) is 10.7. The van der Waals surface area contributed by atoms with E-state index in [-0.39, 0.29) is 18.4 Å². The van der Waals surface area contributed by atoms with Gasteiger partial charge in [-0.05, 0) is 49.3 Å². The molecular weight excluding hydrogens is 435 g/mol. The zero-order chi connectivity index (χ0) is 22.1. The maximum Gasteiger partial charge on any atom is 0.414 e. The Hall–Kier alpha value is -2.67. The number of aromatic nitrogens is 2. The van der Waals surface area contributed by atoms with Crippen LogP contribution in [0.2, 0.25) is 10.0 Å². The summed E-state index contributed by atoms with van der Waals surface area (Å²) in [6.07, 6.45) is 1.36. The molecule has 8 heteroatoms. The number of amides is 1. The van der Waals surface area contributed by atoms with Crippen molar-refractivity contribution in [1.29, 1.82) is 0 Å². The third-order valence-electron chi connectivity index (χ3n) is 5.46. The molecule has 2 aromatic carbocycles. The SMILES string of the molecule is CN(C)CCN(C(=O)O)c1ncc2c(n1)-c1ccccc1[C@H](c1ccc(Cl)c(Cl)c1)C2. The Morgan fingerprint density at radius 3 is 2.61 bits per heavy atom. The highest BCUT2D eigenvalue weighted by molar-refractivity contribution is 6.42. The lowest BCUT2D eigenvalue weighted by atomic mass is 9.78. The average molecular weight is 457 g/mol. The highest BCUT2D eigenvalue weighted by atomic mass is 35.5. The van der Waals surface area contributed by atoms with Crippen molar-refractivity contribution in [3.05, 3.63) is 75.4 Å². The van der Waals surface area contributed by atoms with Gasteiger partial charge in [0.05, 0.1) is 15.7 Å². The number of carboxylic acid groups (broad SMARTS) is 1. The van der Waals surface area contributed by atoms with Gasteiger partial charge in [0.15, 0.2) is 0 Å². The van der Waals surface area contributed by atoms with Gasteiger partial charge in [0.2, 0.25) is 5.95 Å². The molecule has 1 atom stereocenters. The quantitative estimate of drug-likeness (QED) is 0.572. The number of likely N-dealkylation sites (N-methyl/N-ethyl adjacent to an activating group) is 1. The lowest BCUT2D eigenvalue weighted by Crippen LogP contribution is -2.37. The molecule has 0 radical (unpaired) electrons. The number of carbonyl (C=O) groups is 1. The van der Waals surface area contributed by atoms with E-state index in [2.05, 4.69) is 16.0 Å². The van der Waals surface area contributed by atoms with Gasteiger partial charge in [-0.2, -0.15) is 0 Å². The van der Waals surface area contributed by atoms with Crippen molar-refractivity contribution in [2.45, 2.75) is 12.3 Å². The minimum Gasteiger partial charge on any atom is -0.465 e. The second-order valence-electron chi connectivity index (χ2n) is 7.80. The number of fused-ring (bicyclic) bond motifs is 3. The van der Waals surface area contributed by atoms with E-state index in [1.165, 1.54) is 4.90 Å². The molecule has 0 bridgehead atoms. The molecule has 3 aromatic rings. The van der Waals surface area contributed by atoms with Crippen LogP contribution in [0.4, 0.5) is 10.7 Å². The smallest absolute Gasteiger partial charge is 0.414 e. The number of benzene rings is 2. The Balaban J connectivity index is 1.76. The summed E-state index contributed by atoms with van der Waals surface area (Å²) >= 11 is 12.4. The molecule has 4 rings (SSSR count). The van der Waals surface area contributed by atoms with Gasteiger partial charge in [-0.3, -0.25) is 0 Å². The average Bonchev–Trinajstić information content (AvgIpc) is 2.75. The van der Waals surface area contributed by atoms with E-state index < -0.39 is 6.09 Å². The van der Waals surface area contributed by atoms with Gasteiger partial charge in [0, 0.05) is 30.8 Å². The third kappa shape index (κ3) is 4.37. The van der Waals surface area contributed by atoms with E-state index in [1.807, 2.05) is 55.4 Å². The van der Waals surface area contributed by atoms with Crippen LogP contribution in [0.5, 0.6) is 0 Å². The summed E-state index contributed by atoms with van der Waals surface area (Å²) in [4.78, 5) is 24.0. The lowest BCUT2D eigenvalue weighted by molar-refractivity contribution is 0.200. The van der Waals surface area contributed by atoms with Gasteiger partial charge in [-0.25, -0.2) is 19.7 Å². The van der Waals surface area contributed by atoms with Crippen molar-refractivity contribution >= 4 is 35.2 Å². The molecule has 1 aliphatic carbocycles. The molecule has 6 nitrogen and oxygen atoms in total. The zero-order valence-corrected chi connectivity index (χ0v) is 18.7. The van der Waals surface area contributed by atoms with E-state index in [9.17, 15) is 9.90 Å². The van der Waals surface area contributed by atoms with Gasteiger partial charge in [0.25, 0.3) is 0 Å². The largest absolute Gasteiger partial charge is 0.465 e. The summed E-state index contributed by atoms with van der Waals surface area (Å²) in [5, 5.41) is 10.7. The minimum absolute atomic E-state index is 0.0808. The molecule has 31 heavy (non-hydrogen) atoms. The van der Waals surface area contributed by atoms with Crippen LogP contribution in [0, 0.1) is 0 Å². The molecule has 0 aliphatic heterocycles. The summed E-state index contributed by atoms with van der Waals surface area (Å²) in [6, 6.07) is 13.8. The Morgan fingerprint density at radius 1 is 1.13 bits per heavy atom. The zero-order valence-electron chi connectivity index (χ0n) is 17.2. The molecule has 0 saturated carbocycles. The van der Waals surface area contributed by atoms with E-state index in [0.717, 1.165) is 27.9 Å². The minimum atomic E-state index is -1.07. The number of nitrogens with zero attached hydrogens (tertiary/aromatic N) is 4. The summed E-state index contributed by atoms with van der Waals surface area (Å²) in [5.74, 6) is 0.271. The fraction of sp³-hybridized carbons (Fsp3) is 0.261. The molecule has 1 heterocycles. The van der Waals surface area contributed by atoms with Gasteiger partial charge < -0.3 is 10.0 Å². The normalized spacial score (nSPS) is 14.8. The maximum absolute atomic E-state index is 11.8. The fourth-order valence-electron chi connectivity index (χ4n) is 3.86. The molecule has 1 amide bonds. The van der Waals surface area contributed by atoms with Gasteiger partial charge in [-0.1, -0.05) is 53.5 Å². The van der Waals surface area contributed by atoms with Crippen molar-refractivity contribution in [1.82, 2.24) is 14.9 Å². The molecule has 0 saturated heterocycles. The molecule has 1 N–H and O–H groups in total. The molecule has 160 valence electrons. The summed E-state index contributed by atoms with van der Waals surface area (Å²) < 4.78 is 0. The van der Waals surface area contributed by atoms with Gasteiger partial charge >= 0.3 is 6.09 Å². The van der Waals surface area contributed by atoms with Crippen molar-refractivity contribution in [2.75, 3.05) is 32.1 Å². The number of hydrogen-bond acceptors (Lipinski definition) is 4. The first kappa shape index (κ1) is 21.6. The highest BCUT2D eigenvalue weighted by Gasteiger charge is 2.29. The lowest BCUT2D eigenvalue weighted by Gasteiger charge is -2.28. The van der Waals surface area contributed by atoms with E-state index in [4.69, 9.17) is 23.2 Å². The van der Waals surface area contributed by atoms with Crippen LogP contribution in [0.3, 0.4) is 0 Å². The molecule has 1 aromatic heterocycles. The van der Waals surface area contributed by atoms with Gasteiger partial charge in [-0.15, -0.1) is 0 Å². The predicted molar refractivity (Wildman–Crippen MR) is 123 cm³/mol. The first-order chi connectivity index (χ1) is 14.8.